The van der Waals surface area contributed by atoms with Crippen LogP contribution in [0.1, 0.15) is 64.5 Å². The maximum absolute atomic E-state index is 16.7. The van der Waals surface area contributed by atoms with Crippen molar-refractivity contribution in [2.75, 3.05) is 26.4 Å². The minimum atomic E-state index is -2.11. The number of pyridine rings is 1. The van der Waals surface area contributed by atoms with Crippen LogP contribution in [0.5, 0.6) is 0 Å². The van der Waals surface area contributed by atoms with E-state index in [2.05, 4.69) is 4.98 Å². The molecule has 1 N–H and O–H groups in total. The lowest BCUT2D eigenvalue weighted by atomic mass is 9.75. The van der Waals surface area contributed by atoms with E-state index < -0.39 is 34.8 Å². The van der Waals surface area contributed by atoms with Crippen LogP contribution >= 0.6 is 11.6 Å². The van der Waals surface area contributed by atoms with Gasteiger partial charge in [-0.3, -0.25) is 14.7 Å². The van der Waals surface area contributed by atoms with Crippen molar-refractivity contribution in [3.05, 3.63) is 99.1 Å². The van der Waals surface area contributed by atoms with E-state index >= 15 is 8.78 Å². The number of amides is 1. The number of nitrogens with zero attached hydrogens (tertiary/aromatic N) is 3. The highest BCUT2D eigenvalue weighted by atomic mass is 35.5. The van der Waals surface area contributed by atoms with Gasteiger partial charge in [-0.15, -0.1) is 0 Å². The Morgan fingerprint density at radius 1 is 1.19 bits per heavy atom. The topological polar surface area (TPSA) is 105 Å². The Hall–Kier alpha value is -3.46. The molecule has 224 valence electrons. The smallest absolute Gasteiger partial charge is 0.257 e. The monoisotopic (exact) mass is 609 g/mol. The number of aliphatic hydroxyl groups is 1. The Morgan fingerprint density at radius 2 is 1.93 bits per heavy atom. The molecule has 3 aromatic rings. The molecule has 8 nitrogen and oxygen atoms in total. The highest BCUT2D eigenvalue weighted by molar-refractivity contribution is 6.30. The Bertz CT molecular complexity index is 1570. The van der Waals surface area contributed by atoms with E-state index in [1.54, 1.807) is 36.4 Å². The third-order valence-electron chi connectivity index (χ3n) is 8.74. The molecule has 1 aromatic heterocycles. The Balaban J connectivity index is 1.55. The van der Waals surface area contributed by atoms with Crippen LogP contribution in [-0.4, -0.2) is 59.1 Å². The van der Waals surface area contributed by atoms with Gasteiger partial charge in [-0.25, -0.2) is 8.78 Å². The summed E-state index contributed by atoms with van der Waals surface area (Å²) in [6.07, 6.45) is 1.27. The van der Waals surface area contributed by atoms with Crippen molar-refractivity contribution in [2.24, 2.45) is 0 Å². The lowest BCUT2D eigenvalue weighted by molar-refractivity contribution is -0.149. The van der Waals surface area contributed by atoms with E-state index in [1.807, 2.05) is 6.07 Å². The molecular formula is C32H30ClF2N3O5. The van der Waals surface area contributed by atoms with Crippen molar-refractivity contribution >= 4 is 17.5 Å². The summed E-state index contributed by atoms with van der Waals surface area (Å²) in [6, 6.07) is 14.3. The minimum absolute atomic E-state index is 0.0557. The van der Waals surface area contributed by atoms with Gasteiger partial charge in [-0.05, 0) is 55.3 Å². The van der Waals surface area contributed by atoms with Crippen molar-refractivity contribution in [1.82, 2.24) is 9.88 Å². The quantitative estimate of drug-likeness (QED) is 0.396. The summed E-state index contributed by atoms with van der Waals surface area (Å²) in [5, 5.41) is 21.2. The highest BCUT2D eigenvalue weighted by Gasteiger charge is 2.57. The second-order valence-electron chi connectivity index (χ2n) is 11.3. The lowest BCUT2D eigenvalue weighted by Gasteiger charge is -2.42. The summed E-state index contributed by atoms with van der Waals surface area (Å²) in [5.41, 5.74) is -4.94. The fourth-order valence-corrected chi connectivity index (χ4v) is 6.33. The molecule has 1 amide bonds. The zero-order valence-corrected chi connectivity index (χ0v) is 24.2. The largest absolute Gasteiger partial charge is 0.382 e. The van der Waals surface area contributed by atoms with E-state index in [4.69, 9.17) is 25.8 Å². The molecule has 3 atom stereocenters. The third kappa shape index (κ3) is 4.99. The van der Waals surface area contributed by atoms with Crippen LogP contribution in [0.25, 0.3) is 0 Å². The molecule has 43 heavy (non-hydrogen) atoms. The summed E-state index contributed by atoms with van der Waals surface area (Å²) in [5.74, 6) is -1.42. The zero-order valence-electron chi connectivity index (χ0n) is 23.5. The zero-order chi connectivity index (χ0) is 30.4. The second kappa shape index (κ2) is 11.2. The molecule has 1 unspecified atom stereocenters. The molecule has 2 saturated heterocycles. The molecule has 3 aliphatic heterocycles. The van der Waals surface area contributed by atoms with Crippen LogP contribution in [0.4, 0.5) is 8.78 Å². The van der Waals surface area contributed by atoms with E-state index in [0.29, 0.717) is 34.9 Å². The summed E-state index contributed by atoms with van der Waals surface area (Å²) in [7, 11) is 0. The molecule has 0 radical (unpaired) electrons. The minimum Gasteiger partial charge on any atom is -0.382 e. The summed E-state index contributed by atoms with van der Waals surface area (Å²) >= 11 is 6.22. The molecule has 0 saturated carbocycles. The number of hydrogen-bond acceptors (Lipinski definition) is 7. The average molecular weight is 610 g/mol. The molecular weight excluding hydrogens is 580 g/mol. The van der Waals surface area contributed by atoms with E-state index in [0.717, 1.165) is 6.07 Å². The molecule has 2 fully saturated rings. The number of alkyl halides is 1. The van der Waals surface area contributed by atoms with Gasteiger partial charge < -0.3 is 19.3 Å². The number of ether oxygens (including phenoxy) is 3. The van der Waals surface area contributed by atoms with E-state index in [-0.39, 0.29) is 55.9 Å². The van der Waals surface area contributed by atoms with Crippen LogP contribution < -0.4 is 0 Å². The van der Waals surface area contributed by atoms with Gasteiger partial charge in [0.05, 0.1) is 41.6 Å². The van der Waals surface area contributed by atoms with Crippen LogP contribution in [-0.2, 0) is 32.1 Å². The molecule has 6 rings (SSSR count). The molecule has 4 heterocycles. The SMILES string of the molecule is CC(O)(c1cc(F)c2c(c1)C(=O)N(Cc1ccc(C#N)cn1)[C@@]2(O[C@H]1CCOC1)c1ccc(Cl)cc1)C1(F)CCOCC1. The lowest BCUT2D eigenvalue weighted by Crippen LogP contribution is -2.50. The van der Waals surface area contributed by atoms with Crippen LogP contribution in [0, 0.1) is 17.1 Å². The number of aromatic nitrogens is 1. The number of hydrogen-bond donors (Lipinski definition) is 1. The number of carbonyl (C=O) groups excluding carboxylic acids is 1. The normalized spacial score (nSPS) is 24.4. The van der Waals surface area contributed by atoms with Crippen LogP contribution in [0.2, 0.25) is 5.02 Å². The molecule has 0 aliphatic carbocycles. The second-order valence-corrected chi connectivity index (χ2v) is 11.8. The third-order valence-corrected chi connectivity index (χ3v) is 8.99. The van der Waals surface area contributed by atoms with Crippen LogP contribution in [0.3, 0.4) is 0 Å². The van der Waals surface area contributed by atoms with E-state index in [9.17, 15) is 15.2 Å². The first-order valence-electron chi connectivity index (χ1n) is 14.1. The van der Waals surface area contributed by atoms with Crippen LogP contribution in [0.15, 0.2) is 54.7 Å². The number of carbonyl (C=O) groups is 1. The molecule has 0 spiro atoms. The number of fused-ring (bicyclic) bond motifs is 1. The fraction of sp³-hybridized carbons (Fsp3) is 0.406. The number of halogens is 3. The fourth-order valence-electron chi connectivity index (χ4n) is 6.21. The summed E-state index contributed by atoms with van der Waals surface area (Å²) in [6.45, 7) is 2.10. The maximum atomic E-state index is 16.7. The molecule has 2 aromatic carbocycles. The first-order valence-corrected chi connectivity index (χ1v) is 14.5. The van der Waals surface area contributed by atoms with Gasteiger partial charge in [0.25, 0.3) is 5.91 Å². The van der Waals surface area contributed by atoms with Gasteiger partial charge in [0, 0.05) is 49.4 Å². The predicted molar refractivity (Wildman–Crippen MR) is 151 cm³/mol. The van der Waals surface area contributed by atoms with Gasteiger partial charge >= 0.3 is 0 Å². The van der Waals surface area contributed by atoms with Crippen molar-refractivity contribution in [3.8, 4) is 6.07 Å². The number of benzene rings is 2. The Kier molecular flexibility index (Phi) is 7.73. The van der Waals surface area contributed by atoms with Crippen molar-refractivity contribution in [3.63, 3.8) is 0 Å². The summed E-state index contributed by atoms with van der Waals surface area (Å²) < 4.78 is 50.4. The van der Waals surface area contributed by atoms with E-state index in [1.165, 1.54) is 24.1 Å². The first kappa shape index (κ1) is 29.6. The van der Waals surface area contributed by atoms with Gasteiger partial charge in [0.15, 0.2) is 0 Å². The Morgan fingerprint density at radius 3 is 2.56 bits per heavy atom. The van der Waals surface area contributed by atoms with Gasteiger partial charge in [0.2, 0.25) is 5.72 Å². The van der Waals surface area contributed by atoms with Crippen molar-refractivity contribution in [2.45, 2.75) is 55.8 Å². The number of nitriles is 1. The average Bonchev–Trinajstić information content (AvgIpc) is 3.60. The van der Waals surface area contributed by atoms with Crippen molar-refractivity contribution < 1.29 is 32.9 Å². The van der Waals surface area contributed by atoms with Gasteiger partial charge in [-0.2, -0.15) is 5.26 Å². The van der Waals surface area contributed by atoms with Crippen molar-refractivity contribution in [1.29, 1.82) is 5.26 Å². The molecule has 0 bridgehead atoms. The number of rotatable bonds is 7. The molecule has 3 aliphatic rings. The van der Waals surface area contributed by atoms with Gasteiger partial charge in [-0.1, -0.05) is 23.7 Å². The first-order chi connectivity index (χ1) is 20.6. The standard InChI is InChI=1S/C32H30ClF2N3O5/c1-30(40,31(35)9-12-41-13-10-31)22-14-26-28(27(34)15-22)32(43-25-8-11-42-19-25,21-3-5-23(33)6-4-21)38(29(26)39)18-24-7-2-20(16-36)17-37-24/h2-7,14-15,17,25,40H,8-13,18-19H2,1H3/t25-,30?,32+/m0/s1. The van der Waals surface area contributed by atoms with Gasteiger partial charge in [0.1, 0.15) is 23.2 Å². The molecule has 11 heteroatoms. The predicted octanol–water partition coefficient (Wildman–Crippen LogP) is 5.13. The highest BCUT2D eigenvalue weighted by Crippen LogP contribution is 2.51. The Labute approximate surface area is 252 Å². The summed E-state index contributed by atoms with van der Waals surface area (Å²) in [4.78, 5) is 20.1. The maximum Gasteiger partial charge on any atom is 0.257 e.